The van der Waals surface area contributed by atoms with Gasteiger partial charge in [-0.1, -0.05) is 11.6 Å². The van der Waals surface area contributed by atoms with Crippen molar-refractivity contribution < 1.29 is 23.1 Å². The van der Waals surface area contributed by atoms with E-state index in [-0.39, 0.29) is 59.1 Å². The molecule has 180 valence electrons. The van der Waals surface area contributed by atoms with Crippen molar-refractivity contribution in [2.24, 2.45) is 7.05 Å². The molecule has 2 N–H and O–H groups in total. The molecule has 1 aromatic heterocycles. The van der Waals surface area contributed by atoms with Crippen LogP contribution in [0.4, 0.5) is 24.8 Å². The van der Waals surface area contributed by atoms with Gasteiger partial charge in [-0.05, 0) is 37.3 Å². The molecular weight excluding hydrogens is 473 g/mol. The molecule has 3 aromatic rings. The molecule has 1 aliphatic heterocycles. The lowest BCUT2D eigenvalue weighted by molar-refractivity contribution is -0.0223. The lowest BCUT2D eigenvalue weighted by atomic mass is 10.0. The highest BCUT2D eigenvalue weighted by Gasteiger charge is 2.35. The van der Waals surface area contributed by atoms with Gasteiger partial charge >= 0.3 is 5.97 Å². The van der Waals surface area contributed by atoms with Crippen molar-refractivity contribution >= 4 is 40.1 Å². The van der Waals surface area contributed by atoms with Crippen LogP contribution < -0.4 is 15.8 Å². The standard InChI is InChI=1S/C23H22ClF3N4O3/c1-12(28-18-4-3-13(24)9-16(18)21(33)34)15-10-14(25)11-17-19(15)29-22(30(2)20(17)32)31-7-5-23(26,27)6-8-31/h3-4,9-12,28H,5-8H2,1-2H3,(H,33,34)/t12-/m1/s1. The summed E-state index contributed by atoms with van der Waals surface area (Å²) >= 11 is 5.92. The van der Waals surface area contributed by atoms with Gasteiger partial charge in [-0.2, -0.15) is 0 Å². The summed E-state index contributed by atoms with van der Waals surface area (Å²) in [5.41, 5.74) is 0.205. The van der Waals surface area contributed by atoms with Crippen molar-refractivity contribution in [1.82, 2.24) is 9.55 Å². The van der Waals surface area contributed by atoms with E-state index in [2.05, 4.69) is 10.3 Å². The number of benzene rings is 2. The van der Waals surface area contributed by atoms with Crippen LogP contribution in [0.1, 0.15) is 41.7 Å². The molecule has 1 saturated heterocycles. The maximum absolute atomic E-state index is 14.5. The zero-order valence-corrected chi connectivity index (χ0v) is 19.2. The van der Waals surface area contributed by atoms with Crippen molar-refractivity contribution in [2.45, 2.75) is 31.7 Å². The Morgan fingerprint density at radius 1 is 1.24 bits per heavy atom. The van der Waals surface area contributed by atoms with Crippen LogP contribution in [0.2, 0.25) is 5.02 Å². The molecule has 0 amide bonds. The lowest BCUT2D eigenvalue weighted by Gasteiger charge is -2.33. The molecule has 0 spiro atoms. The van der Waals surface area contributed by atoms with Gasteiger partial charge in [-0.25, -0.2) is 22.9 Å². The SMILES string of the molecule is C[C@@H](Nc1ccc(Cl)cc1C(=O)O)c1cc(F)cc2c(=O)n(C)c(N3CCC(F)(F)CC3)nc12. The molecule has 1 fully saturated rings. The van der Waals surface area contributed by atoms with Gasteiger partial charge in [0.25, 0.3) is 11.5 Å². The Kier molecular flexibility index (Phi) is 6.20. The second-order valence-corrected chi connectivity index (χ2v) is 8.81. The van der Waals surface area contributed by atoms with Gasteiger partial charge in [0, 0.05) is 49.3 Å². The van der Waals surface area contributed by atoms with Crippen molar-refractivity contribution in [3.8, 4) is 0 Å². The Hall–Kier alpha value is -3.27. The maximum Gasteiger partial charge on any atom is 0.337 e. The summed E-state index contributed by atoms with van der Waals surface area (Å²) in [6.07, 6.45) is -0.715. The number of hydrogen-bond acceptors (Lipinski definition) is 5. The molecule has 2 aromatic carbocycles. The number of hydrogen-bond donors (Lipinski definition) is 2. The molecule has 0 unspecified atom stereocenters. The Labute approximate surface area is 197 Å². The van der Waals surface area contributed by atoms with E-state index in [1.54, 1.807) is 11.8 Å². The minimum atomic E-state index is -2.76. The maximum atomic E-state index is 14.5. The van der Waals surface area contributed by atoms with E-state index in [0.29, 0.717) is 5.56 Å². The predicted octanol–water partition coefficient (Wildman–Crippen LogP) is 4.83. The molecule has 0 aliphatic carbocycles. The normalized spacial score (nSPS) is 16.5. The number of aromatic carboxylic acids is 1. The number of carbonyl (C=O) groups is 1. The van der Waals surface area contributed by atoms with Gasteiger partial charge in [0.15, 0.2) is 0 Å². The number of nitrogens with zero attached hydrogens (tertiary/aromatic N) is 3. The van der Waals surface area contributed by atoms with Gasteiger partial charge in [-0.15, -0.1) is 0 Å². The molecule has 0 radical (unpaired) electrons. The first-order valence-electron chi connectivity index (χ1n) is 10.6. The van der Waals surface area contributed by atoms with Crippen LogP contribution in [0, 0.1) is 5.82 Å². The first-order valence-corrected chi connectivity index (χ1v) is 11.0. The topological polar surface area (TPSA) is 87.5 Å². The summed E-state index contributed by atoms with van der Waals surface area (Å²) < 4.78 is 43.0. The number of fused-ring (bicyclic) bond motifs is 1. The van der Waals surface area contributed by atoms with Gasteiger partial charge in [0.1, 0.15) is 5.82 Å². The molecule has 7 nitrogen and oxygen atoms in total. The second-order valence-electron chi connectivity index (χ2n) is 8.37. The highest BCUT2D eigenvalue weighted by atomic mass is 35.5. The van der Waals surface area contributed by atoms with Crippen LogP contribution in [0.3, 0.4) is 0 Å². The minimum absolute atomic E-state index is 0.0237. The predicted molar refractivity (Wildman–Crippen MR) is 124 cm³/mol. The average Bonchev–Trinajstić information content (AvgIpc) is 2.77. The minimum Gasteiger partial charge on any atom is -0.478 e. The van der Waals surface area contributed by atoms with E-state index in [4.69, 9.17) is 11.6 Å². The fourth-order valence-corrected chi connectivity index (χ4v) is 4.30. The summed E-state index contributed by atoms with van der Waals surface area (Å²) in [5.74, 6) is -4.41. The summed E-state index contributed by atoms with van der Waals surface area (Å²) in [5, 5.41) is 12.8. The molecule has 0 saturated carbocycles. The first-order chi connectivity index (χ1) is 16.0. The number of aromatic nitrogens is 2. The highest BCUT2D eigenvalue weighted by Crippen LogP contribution is 2.32. The number of anilines is 2. The Morgan fingerprint density at radius 2 is 1.91 bits per heavy atom. The van der Waals surface area contributed by atoms with E-state index in [0.717, 1.165) is 6.07 Å². The second kappa shape index (κ2) is 8.83. The van der Waals surface area contributed by atoms with Crippen LogP contribution in [-0.2, 0) is 7.05 Å². The van der Waals surface area contributed by atoms with Crippen molar-refractivity contribution in [1.29, 1.82) is 0 Å². The molecule has 4 rings (SSSR count). The van der Waals surface area contributed by atoms with E-state index in [1.807, 2.05) is 0 Å². The average molecular weight is 495 g/mol. The Balaban J connectivity index is 1.79. The summed E-state index contributed by atoms with van der Waals surface area (Å²) in [4.78, 5) is 30.9. The fraction of sp³-hybridized carbons (Fsp3) is 0.348. The lowest BCUT2D eigenvalue weighted by Crippen LogP contribution is -2.42. The van der Waals surface area contributed by atoms with Crippen molar-refractivity contribution in [2.75, 3.05) is 23.3 Å². The summed E-state index contributed by atoms with van der Waals surface area (Å²) in [7, 11) is 1.47. The number of piperidine rings is 1. The van der Waals surface area contributed by atoms with E-state index in [9.17, 15) is 27.9 Å². The van der Waals surface area contributed by atoms with Crippen molar-refractivity contribution in [3.63, 3.8) is 0 Å². The third-order valence-corrected chi connectivity index (χ3v) is 6.21. The smallest absolute Gasteiger partial charge is 0.337 e. The third-order valence-electron chi connectivity index (χ3n) is 5.98. The monoisotopic (exact) mass is 494 g/mol. The van der Waals surface area contributed by atoms with Crippen LogP contribution >= 0.6 is 11.6 Å². The molecule has 34 heavy (non-hydrogen) atoms. The van der Waals surface area contributed by atoms with Crippen LogP contribution in [0.15, 0.2) is 35.1 Å². The molecular formula is C23H22ClF3N4O3. The molecule has 2 heterocycles. The number of nitrogens with one attached hydrogen (secondary N) is 1. The largest absolute Gasteiger partial charge is 0.478 e. The van der Waals surface area contributed by atoms with Crippen LogP contribution in [0.25, 0.3) is 10.9 Å². The van der Waals surface area contributed by atoms with Crippen molar-refractivity contribution in [3.05, 3.63) is 62.7 Å². The molecule has 0 bridgehead atoms. The van der Waals surface area contributed by atoms with Gasteiger partial charge in [-0.3, -0.25) is 9.36 Å². The zero-order chi connectivity index (χ0) is 24.8. The molecule has 11 heteroatoms. The fourth-order valence-electron chi connectivity index (χ4n) is 4.13. The van der Waals surface area contributed by atoms with E-state index >= 15 is 0 Å². The summed E-state index contributed by atoms with van der Waals surface area (Å²) in [6.45, 7) is 1.72. The Morgan fingerprint density at radius 3 is 2.56 bits per heavy atom. The zero-order valence-electron chi connectivity index (χ0n) is 18.4. The molecule has 1 atom stereocenters. The van der Waals surface area contributed by atoms with Crippen LogP contribution in [0.5, 0.6) is 0 Å². The number of halogens is 4. The van der Waals surface area contributed by atoms with Gasteiger partial charge < -0.3 is 15.3 Å². The van der Waals surface area contributed by atoms with Gasteiger partial charge in [0.2, 0.25) is 5.95 Å². The number of rotatable bonds is 5. The first kappa shape index (κ1) is 23.9. The third kappa shape index (κ3) is 4.54. The summed E-state index contributed by atoms with van der Waals surface area (Å²) in [6, 6.07) is 5.95. The van der Waals surface area contributed by atoms with E-state index < -0.39 is 29.3 Å². The van der Waals surface area contributed by atoms with Gasteiger partial charge in [0.05, 0.1) is 22.5 Å². The number of carboxylic acid groups (broad SMARTS) is 1. The highest BCUT2D eigenvalue weighted by molar-refractivity contribution is 6.31. The number of alkyl halides is 2. The molecule has 1 aliphatic rings. The van der Waals surface area contributed by atoms with E-state index in [1.165, 1.54) is 35.9 Å². The Bertz CT molecular complexity index is 1340. The van der Waals surface area contributed by atoms with Crippen LogP contribution in [-0.4, -0.2) is 39.6 Å². The quantitative estimate of drug-likeness (QED) is 0.528. The number of carboxylic acids is 1.